The van der Waals surface area contributed by atoms with Crippen molar-refractivity contribution in [3.05, 3.63) is 11.8 Å². The Hall–Kier alpha value is -0.790. The molecule has 0 atom stereocenters. The lowest BCUT2D eigenvalue weighted by Gasteiger charge is -2.32. The number of hydrogen-bond acceptors (Lipinski definition) is 2. The molecule has 1 N–H and O–H groups in total. The lowest BCUT2D eigenvalue weighted by molar-refractivity contribution is -0.123. The molecule has 0 aromatic rings. The average Bonchev–Trinajstić information content (AvgIpc) is 3.28. The van der Waals surface area contributed by atoms with E-state index in [0.29, 0.717) is 11.8 Å². The lowest BCUT2D eigenvalue weighted by Crippen LogP contribution is -2.33. The zero-order chi connectivity index (χ0) is 15.4. The van der Waals surface area contributed by atoms with Gasteiger partial charge in [-0.2, -0.15) is 0 Å². The highest BCUT2D eigenvalue weighted by molar-refractivity contribution is 5.95. The molecule has 2 nitrogen and oxygen atoms in total. The number of carbonyl (C=O) groups is 1. The maximum Gasteiger partial charge on any atom is 0.163 e. The van der Waals surface area contributed by atoms with Crippen molar-refractivity contribution in [3.63, 3.8) is 0 Å². The zero-order valence-corrected chi connectivity index (χ0v) is 14.3. The first-order valence-electron chi connectivity index (χ1n) is 8.38. The Kier molecular flexibility index (Phi) is 5.85. The van der Waals surface area contributed by atoms with Crippen LogP contribution in [0.1, 0.15) is 80.1 Å². The highest BCUT2D eigenvalue weighted by atomic mass is 16.1. The fraction of sp³-hybridized carbons (Fsp3) is 0.833. The van der Waals surface area contributed by atoms with Gasteiger partial charge in [-0.05, 0) is 38.5 Å². The van der Waals surface area contributed by atoms with E-state index in [1.807, 2.05) is 6.08 Å². The van der Waals surface area contributed by atoms with Gasteiger partial charge in [-0.25, -0.2) is 0 Å². The van der Waals surface area contributed by atoms with Gasteiger partial charge >= 0.3 is 0 Å². The monoisotopic (exact) mass is 279 g/mol. The summed E-state index contributed by atoms with van der Waals surface area (Å²) in [6.45, 7) is 13.0. The van der Waals surface area contributed by atoms with Crippen molar-refractivity contribution in [1.29, 1.82) is 0 Å². The molecule has 116 valence electrons. The van der Waals surface area contributed by atoms with Crippen LogP contribution in [0.2, 0.25) is 0 Å². The molecule has 0 saturated heterocycles. The van der Waals surface area contributed by atoms with Crippen LogP contribution in [0.5, 0.6) is 0 Å². The predicted octanol–water partition coefficient (Wildman–Crippen LogP) is 4.84. The SMILES string of the molecule is CCC(C)(CC)C(=O)/C=C(\NC1CC1)C(C)(CC)CC. The van der Waals surface area contributed by atoms with Crippen LogP contribution in [0, 0.1) is 10.8 Å². The van der Waals surface area contributed by atoms with Crippen molar-refractivity contribution in [2.45, 2.75) is 86.1 Å². The van der Waals surface area contributed by atoms with Gasteiger partial charge in [0.2, 0.25) is 0 Å². The van der Waals surface area contributed by atoms with Crippen molar-refractivity contribution in [1.82, 2.24) is 5.32 Å². The molecule has 1 fully saturated rings. The molecule has 0 heterocycles. The summed E-state index contributed by atoms with van der Waals surface area (Å²) in [6, 6.07) is 0.598. The summed E-state index contributed by atoms with van der Waals surface area (Å²) in [5, 5.41) is 3.62. The Morgan fingerprint density at radius 1 is 1.00 bits per heavy atom. The molecule has 1 aliphatic carbocycles. The van der Waals surface area contributed by atoms with E-state index in [1.165, 1.54) is 18.5 Å². The third-order valence-electron chi connectivity index (χ3n) is 5.58. The number of hydrogen-bond donors (Lipinski definition) is 1. The van der Waals surface area contributed by atoms with E-state index in [0.717, 1.165) is 25.7 Å². The van der Waals surface area contributed by atoms with Crippen LogP contribution in [0.15, 0.2) is 11.8 Å². The Labute approximate surface area is 125 Å². The first kappa shape index (κ1) is 17.3. The summed E-state index contributed by atoms with van der Waals surface area (Å²) >= 11 is 0. The normalized spacial score (nSPS) is 17.2. The molecule has 0 bridgehead atoms. The van der Waals surface area contributed by atoms with Crippen molar-refractivity contribution in [3.8, 4) is 0 Å². The molecular weight excluding hydrogens is 246 g/mol. The quantitative estimate of drug-likeness (QED) is 0.612. The van der Waals surface area contributed by atoms with Gasteiger partial charge < -0.3 is 5.32 Å². The fourth-order valence-corrected chi connectivity index (χ4v) is 2.37. The van der Waals surface area contributed by atoms with Crippen LogP contribution in [0.4, 0.5) is 0 Å². The number of carbonyl (C=O) groups excluding carboxylic acids is 1. The molecule has 0 spiro atoms. The van der Waals surface area contributed by atoms with Gasteiger partial charge in [-0.1, -0.05) is 41.5 Å². The summed E-state index contributed by atoms with van der Waals surface area (Å²) in [6.07, 6.45) is 8.36. The van der Waals surface area contributed by atoms with E-state index in [2.05, 4.69) is 46.9 Å². The number of nitrogens with one attached hydrogen (secondary N) is 1. The standard InChI is InChI=1S/C18H33NO/c1-7-17(5,8-2)15(19-14-11-12-14)13-16(20)18(6,9-3)10-4/h13-14,19H,7-12H2,1-6H3/b15-13-. The molecule has 2 heteroatoms. The van der Waals surface area contributed by atoms with E-state index < -0.39 is 0 Å². The van der Waals surface area contributed by atoms with Gasteiger partial charge in [0.15, 0.2) is 5.78 Å². The number of allylic oxidation sites excluding steroid dienone is 2. The minimum absolute atomic E-state index is 0.0979. The van der Waals surface area contributed by atoms with Crippen LogP contribution in [0.3, 0.4) is 0 Å². The van der Waals surface area contributed by atoms with Crippen molar-refractivity contribution >= 4 is 5.78 Å². The minimum Gasteiger partial charge on any atom is -0.385 e. The van der Waals surface area contributed by atoms with Crippen molar-refractivity contribution in [2.24, 2.45) is 10.8 Å². The van der Waals surface area contributed by atoms with Gasteiger partial charge in [0.25, 0.3) is 0 Å². The van der Waals surface area contributed by atoms with Crippen molar-refractivity contribution in [2.75, 3.05) is 0 Å². The number of ketones is 1. The summed E-state index contributed by atoms with van der Waals surface area (Å²) < 4.78 is 0. The van der Waals surface area contributed by atoms with E-state index in [4.69, 9.17) is 0 Å². The first-order chi connectivity index (χ1) is 9.35. The molecule has 0 aromatic heterocycles. The largest absolute Gasteiger partial charge is 0.385 e. The Balaban J connectivity index is 3.02. The van der Waals surface area contributed by atoms with E-state index in [-0.39, 0.29) is 10.8 Å². The Bertz CT molecular complexity index is 358. The second-order valence-electron chi connectivity index (χ2n) is 6.88. The molecule has 0 aliphatic heterocycles. The highest BCUT2D eigenvalue weighted by Crippen LogP contribution is 2.37. The summed E-state index contributed by atoms with van der Waals surface area (Å²) in [5.74, 6) is 0.291. The molecule has 1 saturated carbocycles. The molecule has 20 heavy (non-hydrogen) atoms. The van der Waals surface area contributed by atoms with Gasteiger partial charge in [0.1, 0.15) is 0 Å². The Morgan fingerprint density at radius 2 is 1.45 bits per heavy atom. The molecule has 1 aliphatic rings. The van der Waals surface area contributed by atoms with Crippen LogP contribution in [-0.2, 0) is 4.79 Å². The number of rotatable bonds is 9. The molecule has 0 aromatic carbocycles. The lowest BCUT2D eigenvalue weighted by atomic mass is 9.76. The minimum atomic E-state index is -0.209. The van der Waals surface area contributed by atoms with Crippen LogP contribution < -0.4 is 5.32 Å². The third-order valence-corrected chi connectivity index (χ3v) is 5.58. The third kappa shape index (κ3) is 3.86. The smallest absolute Gasteiger partial charge is 0.163 e. The van der Waals surface area contributed by atoms with Crippen LogP contribution >= 0.6 is 0 Å². The average molecular weight is 279 g/mol. The molecule has 0 amide bonds. The van der Waals surface area contributed by atoms with E-state index in [9.17, 15) is 4.79 Å². The maximum atomic E-state index is 12.7. The van der Waals surface area contributed by atoms with E-state index >= 15 is 0 Å². The second-order valence-corrected chi connectivity index (χ2v) is 6.88. The molecule has 0 unspecified atom stereocenters. The molecular formula is C18H33NO. The summed E-state index contributed by atoms with van der Waals surface area (Å²) in [5.41, 5.74) is 1.06. The predicted molar refractivity (Wildman–Crippen MR) is 86.6 cm³/mol. The van der Waals surface area contributed by atoms with E-state index in [1.54, 1.807) is 0 Å². The molecule has 0 radical (unpaired) electrons. The van der Waals surface area contributed by atoms with Gasteiger partial charge in [0, 0.05) is 28.6 Å². The maximum absolute atomic E-state index is 12.7. The van der Waals surface area contributed by atoms with Gasteiger partial charge in [-0.3, -0.25) is 4.79 Å². The van der Waals surface area contributed by atoms with Crippen LogP contribution in [-0.4, -0.2) is 11.8 Å². The van der Waals surface area contributed by atoms with Crippen LogP contribution in [0.25, 0.3) is 0 Å². The second kappa shape index (κ2) is 6.78. The Morgan fingerprint density at radius 3 is 1.80 bits per heavy atom. The van der Waals surface area contributed by atoms with Crippen molar-refractivity contribution < 1.29 is 4.79 Å². The highest BCUT2D eigenvalue weighted by Gasteiger charge is 2.34. The van der Waals surface area contributed by atoms with Gasteiger partial charge in [-0.15, -0.1) is 0 Å². The first-order valence-corrected chi connectivity index (χ1v) is 8.38. The summed E-state index contributed by atoms with van der Waals surface area (Å²) in [4.78, 5) is 12.7. The zero-order valence-electron chi connectivity index (χ0n) is 14.3. The molecule has 1 rings (SSSR count). The fourth-order valence-electron chi connectivity index (χ4n) is 2.37. The topological polar surface area (TPSA) is 29.1 Å². The van der Waals surface area contributed by atoms with Gasteiger partial charge in [0.05, 0.1) is 0 Å². The summed E-state index contributed by atoms with van der Waals surface area (Å²) in [7, 11) is 0.